The Bertz CT molecular complexity index is 458. The molecule has 0 N–H and O–H groups in total. The number of rotatable bonds is 2. The number of fused-ring (bicyclic) bond motifs is 1. The minimum absolute atomic E-state index is 0.448. The first-order valence-corrected chi connectivity index (χ1v) is 5.40. The molecule has 1 unspecified atom stereocenters. The molecule has 0 amide bonds. The van der Waals surface area contributed by atoms with Gasteiger partial charge in [-0.3, -0.25) is 0 Å². The van der Waals surface area contributed by atoms with Gasteiger partial charge in [-0.05, 0) is 5.92 Å². The number of hydrogen-bond donors (Lipinski definition) is 0. The van der Waals surface area contributed by atoms with Crippen LogP contribution in [0.2, 0.25) is 0 Å². The lowest BCUT2D eigenvalue weighted by Crippen LogP contribution is -2.06. The number of hydrogen-bond acceptors (Lipinski definition) is 2. The lowest BCUT2D eigenvalue weighted by atomic mass is 9.92. The normalized spacial score (nSPS) is 13.3. The van der Waals surface area contributed by atoms with Crippen LogP contribution in [-0.2, 0) is 0 Å². The van der Waals surface area contributed by atoms with Crippen molar-refractivity contribution >= 4 is 10.8 Å². The third-order valence-corrected chi connectivity index (χ3v) is 3.03. The molecule has 1 atom stereocenters. The second kappa shape index (κ2) is 3.97. The van der Waals surface area contributed by atoms with Crippen molar-refractivity contribution in [3.8, 4) is 0 Å². The molecule has 1 aromatic carbocycles. The fourth-order valence-electron chi connectivity index (χ4n) is 1.70. The molecule has 1 heterocycles. The van der Waals surface area contributed by atoms with Crippen LogP contribution in [-0.4, -0.2) is 10.2 Å². The summed E-state index contributed by atoms with van der Waals surface area (Å²) >= 11 is 0. The van der Waals surface area contributed by atoms with Crippen molar-refractivity contribution in [2.24, 2.45) is 5.92 Å². The summed E-state index contributed by atoms with van der Waals surface area (Å²) in [6.07, 6.45) is 1.83. The molecule has 2 nitrogen and oxygen atoms in total. The van der Waals surface area contributed by atoms with E-state index in [4.69, 9.17) is 0 Å². The molecule has 2 rings (SSSR count). The summed E-state index contributed by atoms with van der Waals surface area (Å²) in [5.41, 5.74) is 1.11. The minimum atomic E-state index is 0.448. The van der Waals surface area contributed by atoms with Crippen molar-refractivity contribution in [2.75, 3.05) is 0 Å². The van der Waals surface area contributed by atoms with Gasteiger partial charge in [-0.25, -0.2) is 0 Å². The number of benzene rings is 1. The van der Waals surface area contributed by atoms with Crippen LogP contribution in [0, 0.1) is 5.92 Å². The zero-order valence-electron chi connectivity index (χ0n) is 9.44. The van der Waals surface area contributed by atoms with Crippen LogP contribution >= 0.6 is 0 Å². The van der Waals surface area contributed by atoms with E-state index in [1.54, 1.807) is 0 Å². The van der Waals surface area contributed by atoms with Crippen molar-refractivity contribution in [1.29, 1.82) is 0 Å². The van der Waals surface area contributed by atoms with Gasteiger partial charge in [-0.1, -0.05) is 45.0 Å². The molecule has 2 heteroatoms. The average Bonchev–Trinajstić information content (AvgIpc) is 2.27. The molecule has 78 valence electrons. The van der Waals surface area contributed by atoms with Crippen LogP contribution in [0.25, 0.3) is 10.8 Å². The predicted octanol–water partition coefficient (Wildman–Crippen LogP) is 3.39. The summed E-state index contributed by atoms with van der Waals surface area (Å²) < 4.78 is 0. The Kier molecular flexibility index (Phi) is 2.67. The average molecular weight is 200 g/mol. The predicted molar refractivity (Wildman–Crippen MR) is 62.8 cm³/mol. The van der Waals surface area contributed by atoms with Gasteiger partial charge in [0.05, 0.1) is 11.9 Å². The molecule has 0 saturated carbocycles. The Morgan fingerprint density at radius 1 is 1.07 bits per heavy atom. The van der Waals surface area contributed by atoms with Gasteiger partial charge in [0.15, 0.2) is 0 Å². The fraction of sp³-hybridized carbons (Fsp3) is 0.385. The second-order valence-corrected chi connectivity index (χ2v) is 4.35. The monoisotopic (exact) mass is 200 g/mol. The standard InChI is InChI=1S/C13H16N2/c1-9(2)10(3)13-12-7-5-4-6-11(12)8-14-15-13/h4-10H,1-3H3. The van der Waals surface area contributed by atoms with E-state index >= 15 is 0 Å². The quantitative estimate of drug-likeness (QED) is 0.742. The van der Waals surface area contributed by atoms with Gasteiger partial charge in [-0.2, -0.15) is 10.2 Å². The van der Waals surface area contributed by atoms with E-state index < -0.39 is 0 Å². The molecule has 2 aromatic rings. The minimum Gasteiger partial charge on any atom is -0.158 e. The Morgan fingerprint density at radius 3 is 2.53 bits per heavy atom. The highest BCUT2D eigenvalue weighted by Crippen LogP contribution is 2.27. The van der Waals surface area contributed by atoms with Gasteiger partial charge in [0.2, 0.25) is 0 Å². The third kappa shape index (κ3) is 1.84. The van der Waals surface area contributed by atoms with E-state index in [1.165, 1.54) is 10.8 Å². The number of aromatic nitrogens is 2. The summed E-state index contributed by atoms with van der Waals surface area (Å²) in [4.78, 5) is 0. The van der Waals surface area contributed by atoms with E-state index in [9.17, 15) is 0 Å². The van der Waals surface area contributed by atoms with E-state index in [2.05, 4.69) is 49.2 Å². The van der Waals surface area contributed by atoms with Crippen molar-refractivity contribution in [1.82, 2.24) is 10.2 Å². The first kappa shape index (κ1) is 10.1. The van der Waals surface area contributed by atoms with Crippen LogP contribution in [0.4, 0.5) is 0 Å². The molecule has 1 aromatic heterocycles. The molecule has 0 radical (unpaired) electrons. The maximum atomic E-state index is 4.28. The van der Waals surface area contributed by atoms with E-state index in [0.717, 1.165) is 5.69 Å². The molecular weight excluding hydrogens is 184 g/mol. The molecule has 0 aliphatic rings. The molecule has 15 heavy (non-hydrogen) atoms. The van der Waals surface area contributed by atoms with E-state index in [-0.39, 0.29) is 0 Å². The van der Waals surface area contributed by atoms with Gasteiger partial charge in [0.25, 0.3) is 0 Å². The summed E-state index contributed by atoms with van der Waals surface area (Å²) in [6, 6.07) is 8.30. The maximum Gasteiger partial charge on any atom is 0.0739 e. The first-order chi connectivity index (χ1) is 7.20. The smallest absolute Gasteiger partial charge is 0.0739 e. The van der Waals surface area contributed by atoms with Crippen molar-refractivity contribution in [3.05, 3.63) is 36.2 Å². The Labute approximate surface area is 90.3 Å². The van der Waals surface area contributed by atoms with Crippen molar-refractivity contribution in [2.45, 2.75) is 26.7 Å². The Morgan fingerprint density at radius 2 is 1.80 bits per heavy atom. The highest BCUT2D eigenvalue weighted by Gasteiger charge is 2.14. The highest BCUT2D eigenvalue weighted by molar-refractivity contribution is 5.83. The fourth-order valence-corrected chi connectivity index (χ4v) is 1.70. The van der Waals surface area contributed by atoms with Gasteiger partial charge >= 0.3 is 0 Å². The van der Waals surface area contributed by atoms with Crippen LogP contribution in [0.3, 0.4) is 0 Å². The topological polar surface area (TPSA) is 25.8 Å². The van der Waals surface area contributed by atoms with Crippen LogP contribution in [0.1, 0.15) is 32.4 Å². The molecule has 0 bridgehead atoms. The third-order valence-electron chi connectivity index (χ3n) is 3.03. The molecule has 0 aliphatic carbocycles. The van der Waals surface area contributed by atoms with Crippen molar-refractivity contribution < 1.29 is 0 Å². The molecule has 0 aliphatic heterocycles. The maximum absolute atomic E-state index is 4.28. The molecule has 0 saturated heterocycles. The molecular formula is C13H16N2. The van der Waals surface area contributed by atoms with Crippen LogP contribution < -0.4 is 0 Å². The Hall–Kier alpha value is -1.44. The SMILES string of the molecule is CC(C)C(C)c1nncc2ccccc12. The summed E-state index contributed by atoms with van der Waals surface area (Å²) in [5.74, 6) is 1.04. The zero-order chi connectivity index (χ0) is 10.8. The van der Waals surface area contributed by atoms with Crippen molar-refractivity contribution in [3.63, 3.8) is 0 Å². The van der Waals surface area contributed by atoms with Crippen LogP contribution in [0.5, 0.6) is 0 Å². The zero-order valence-corrected chi connectivity index (χ0v) is 9.44. The van der Waals surface area contributed by atoms with E-state index in [0.29, 0.717) is 11.8 Å². The van der Waals surface area contributed by atoms with Gasteiger partial charge < -0.3 is 0 Å². The summed E-state index contributed by atoms with van der Waals surface area (Å²) in [7, 11) is 0. The van der Waals surface area contributed by atoms with Gasteiger partial charge in [0, 0.05) is 16.7 Å². The van der Waals surface area contributed by atoms with Gasteiger partial charge in [-0.15, -0.1) is 0 Å². The summed E-state index contributed by atoms with van der Waals surface area (Å²) in [5, 5.41) is 10.8. The Balaban J connectivity index is 2.60. The lowest BCUT2D eigenvalue weighted by molar-refractivity contribution is 0.522. The van der Waals surface area contributed by atoms with E-state index in [1.807, 2.05) is 12.3 Å². The second-order valence-electron chi connectivity index (χ2n) is 4.35. The first-order valence-electron chi connectivity index (χ1n) is 5.40. The van der Waals surface area contributed by atoms with Crippen LogP contribution in [0.15, 0.2) is 30.5 Å². The lowest BCUT2D eigenvalue weighted by Gasteiger charge is -2.15. The summed E-state index contributed by atoms with van der Waals surface area (Å²) in [6.45, 7) is 6.64. The van der Waals surface area contributed by atoms with Gasteiger partial charge in [0.1, 0.15) is 0 Å². The molecule has 0 spiro atoms. The highest BCUT2D eigenvalue weighted by atomic mass is 15.1. The molecule has 0 fully saturated rings. The largest absolute Gasteiger partial charge is 0.158 e. The number of nitrogens with zero attached hydrogens (tertiary/aromatic N) is 2.